The summed E-state index contributed by atoms with van der Waals surface area (Å²) in [5, 5.41) is 9.98. The zero-order valence-electron chi connectivity index (χ0n) is 10.8. The maximum absolute atomic E-state index is 13.5. The molecule has 5 heteroatoms. The van der Waals surface area contributed by atoms with Crippen LogP contribution >= 0.6 is 15.9 Å². The van der Waals surface area contributed by atoms with Gasteiger partial charge in [0.15, 0.2) is 0 Å². The second-order valence-electron chi connectivity index (χ2n) is 4.94. The van der Waals surface area contributed by atoms with Crippen molar-refractivity contribution in [2.75, 3.05) is 7.05 Å². The number of aliphatic hydroxyl groups excluding tert-OH is 1. The first-order chi connectivity index (χ1) is 9.02. The molecule has 104 valence electrons. The Bertz CT molecular complexity index is 481. The van der Waals surface area contributed by atoms with E-state index in [9.17, 15) is 14.3 Å². The Balaban J connectivity index is 2.21. The first-order valence-electron chi connectivity index (χ1n) is 6.41. The van der Waals surface area contributed by atoms with Gasteiger partial charge in [-0.15, -0.1) is 0 Å². The lowest BCUT2D eigenvalue weighted by Crippen LogP contribution is -2.46. The number of carbonyl (C=O) groups is 1. The van der Waals surface area contributed by atoms with Gasteiger partial charge in [0.25, 0.3) is 5.91 Å². The Labute approximate surface area is 120 Å². The van der Waals surface area contributed by atoms with Crippen molar-refractivity contribution >= 4 is 21.8 Å². The quantitative estimate of drug-likeness (QED) is 0.906. The molecule has 0 aliphatic heterocycles. The van der Waals surface area contributed by atoms with Gasteiger partial charge in [0, 0.05) is 7.05 Å². The minimum atomic E-state index is -0.491. The summed E-state index contributed by atoms with van der Waals surface area (Å²) in [6.07, 6.45) is 3.01. The van der Waals surface area contributed by atoms with Crippen LogP contribution in [0.3, 0.4) is 0 Å². The molecule has 1 amide bonds. The van der Waals surface area contributed by atoms with E-state index in [0.29, 0.717) is 12.0 Å². The fraction of sp³-hybridized carbons (Fsp3) is 0.500. The molecule has 1 saturated carbocycles. The van der Waals surface area contributed by atoms with E-state index in [-0.39, 0.29) is 16.4 Å². The smallest absolute Gasteiger partial charge is 0.255 e. The van der Waals surface area contributed by atoms with E-state index in [1.54, 1.807) is 13.1 Å². The fourth-order valence-electron chi connectivity index (χ4n) is 2.55. The van der Waals surface area contributed by atoms with Crippen molar-refractivity contribution in [3.05, 3.63) is 34.1 Å². The molecular formula is C14H17BrFNO2. The van der Waals surface area contributed by atoms with E-state index < -0.39 is 11.9 Å². The molecule has 1 aromatic rings. The zero-order valence-corrected chi connectivity index (χ0v) is 12.4. The third kappa shape index (κ3) is 2.98. The van der Waals surface area contributed by atoms with E-state index in [4.69, 9.17) is 0 Å². The first kappa shape index (κ1) is 14.5. The van der Waals surface area contributed by atoms with Crippen LogP contribution in [0.4, 0.5) is 4.39 Å². The second-order valence-corrected chi connectivity index (χ2v) is 5.73. The van der Waals surface area contributed by atoms with E-state index in [2.05, 4.69) is 15.9 Å². The van der Waals surface area contributed by atoms with Crippen LogP contribution in [0.15, 0.2) is 22.7 Å². The third-order valence-corrected chi connectivity index (χ3v) is 4.50. The summed E-state index contributed by atoms with van der Waals surface area (Å²) in [5.74, 6) is -0.722. The molecule has 2 atom stereocenters. The molecule has 0 saturated heterocycles. The number of aliphatic hydroxyl groups is 1. The summed E-state index contributed by atoms with van der Waals surface area (Å²) >= 11 is 3.10. The predicted molar refractivity (Wildman–Crippen MR) is 74.5 cm³/mol. The standard InChI is InChI=1S/C14H17BrFNO2/c1-17(11-7-2-3-8-12(11)18)14(19)9-5-4-6-10(16)13(9)15/h4-6,11-12,18H,2-3,7-8H2,1H3. The van der Waals surface area contributed by atoms with Crippen LogP contribution in [0.2, 0.25) is 0 Å². The van der Waals surface area contributed by atoms with Crippen LogP contribution in [0.5, 0.6) is 0 Å². The summed E-state index contributed by atoms with van der Waals surface area (Å²) in [7, 11) is 1.67. The molecule has 0 aromatic heterocycles. The van der Waals surface area contributed by atoms with E-state index in [0.717, 1.165) is 19.3 Å². The van der Waals surface area contributed by atoms with Gasteiger partial charge in [0.05, 0.1) is 22.2 Å². The molecule has 0 radical (unpaired) electrons. The molecule has 0 spiro atoms. The topological polar surface area (TPSA) is 40.5 Å². The summed E-state index contributed by atoms with van der Waals surface area (Å²) in [4.78, 5) is 13.9. The number of halogens is 2. The first-order valence-corrected chi connectivity index (χ1v) is 7.21. The van der Waals surface area contributed by atoms with Gasteiger partial charge in [0.1, 0.15) is 5.82 Å². The van der Waals surface area contributed by atoms with Gasteiger partial charge >= 0.3 is 0 Å². The molecule has 19 heavy (non-hydrogen) atoms. The van der Waals surface area contributed by atoms with Gasteiger partial charge in [-0.2, -0.15) is 0 Å². The van der Waals surface area contributed by atoms with Crippen molar-refractivity contribution in [1.82, 2.24) is 4.90 Å². The van der Waals surface area contributed by atoms with Crippen molar-refractivity contribution in [2.24, 2.45) is 0 Å². The minimum absolute atomic E-state index is 0.178. The van der Waals surface area contributed by atoms with Gasteiger partial charge in [-0.1, -0.05) is 18.9 Å². The maximum Gasteiger partial charge on any atom is 0.255 e. The van der Waals surface area contributed by atoms with Gasteiger partial charge in [0.2, 0.25) is 0 Å². The second kappa shape index (κ2) is 6.01. The molecule has 2 unspecified atom stereocenters. The normalized spacial score (nSPS) is 23.2. The Kier molecular flexibility index (Phi) is 4.58. The fourth-order valence-corrected chi connectivity index (χ4v) is 2.99. The molecular weight excluding hydrogens is 313 g/mol. The number of amides is 1. The van der Waals surface area contributed by atoms with E-state index in [1.165, 1.54) is 17.0 Å². The lowest BCUT2D eigenvalue weighted by atomic mass is 9.91. The summed E-state index contributed by atoms with van der Waals surface area (Å²) in [6.45, 7) is 0. The van der Waals surface area contributed by atoms with Gasteiger partial charge < -0.3 is 10.0 Å². The number of nitrogens with zero attached hydrogens (tertiary/aromatic N) is 1. The number of hydrogen-bond acceptors (Lipinski definition) is 2. The number of rotatable bonds is 2. The molecule has 1 aliphatic rings. The Morgan fingerprint density at radius 1 is 1.42 bits per heavy atom. The number of benzene rings is 1. The van der Waals surface area contributed by atoms with Crippen molar-refractivity contribution in [3.8, 4) is 0 Å². The highest BCUT2D eigenvalue weighted by atomic mass is 79.9. The largest absolute Gasteiger partial charge is 0.391 e. The molecule has 1 aromatic carbocycles. The summed E-state index contributed by atoms with van der Waals surface area (Å²) < 4.78 is 13.6. The van der Waals surface area contributed by atoms with E-state index >= 15 is 0 Å². The Morgan fingerprint density at radius 2 is 2.11 bits per heavy atom. The summed E-state index contributed by atoms with van der Waals surface area (Å²) in [6, 6.07) is 4.21. The van der Waals surface area contributed by atoms with Gasteiger partial charge in [-0.05, 0) is 40.9 Å². The van der Waals surface area contributed by atoms with Gasteiger partial charge in [-0.25, -0.2) is 4.39 Å². The van der Waals surface area contributed by atoms with Crippen LogP contribution < -0.4 is 0 Å². The molecule has 1 aliphatic carbocycles. The van der Waals surface area contributed by atoms with E-state index in [1.807, 2.05) is 0 Å². The third-order valence-electron chi connectivity index (χ3n) is 3.69. The van der Waals surface area contributed by atoms with Crippen LogP contribution in [-0.2, 0) is 0 Å². The molecule has 2 rings (SSSR count). The van der Waals surface area contributed by atoms with Crippen LogP contribution in [0.25, 0.3) is 0 Å². The average Bonchev–Trinajstić information content (AvgIpc) is 2.41. The lowest BCUT2D eigenvalue weighted by molar-refractivity contribution is 0.0267. The molecule has 1 N–H and O–H groups in total. The number of likely N-dealkylation sites (N-methyl/N-ethyl adjacent to an activating group) is 1. The average molecular weight is 330 g/mol. The molecule has 1 fully saturated rings. The van der Waals surface area contributed by atoms with Crippen molar-refractivity contribution in [2.45, 2.75) is 37.8 Å². The summed E-state index contributed by atoms with van der Waals surface area (Å²) in [5.41, 5.74) is 0.292. The predicted octanol–water partition coefficient (Wildman–Crippen LogP) is 2.96. The van der Waals surface area contributed by atoms with Crippen molar-refractivity contribution in [3.63, 3.8) is 0 Å². The molecule has 3 nitrogen and oxygen atoms in total. The van der Waals surface area contributed by atoms with Crippen molar-refractivity contribution in [1.29, 1.82) is 0 Å². The minimum Gasteiger partial charge on any atom is -0.391 e. The molecule has 0 heterocycles. The number of hydrogen-bond donors (Lipinski definition) is 1. The highest BCUT2D eigenvalue weighted by Gasteiger charge is 2.30. The zero-order chi connectivity index (χ0) is 14.0. The Morgan fingerprint density at radius 3 is 2.79 bits per heavy atom. The Hall–Kier alpha value is -0.940. The SMILES string of the molecule is CN(C(=O)c1cccc(F)c1Br)C1CCCCC1O. The highest BCUT2D eigenvalue weighted by Crippen LogP contribution is 2.26. The maximum atomic E-state index is 13.5. The number of carbonyl (C=O) groups excluding carboxylic acids is 1. The lowest BCUT2D eigenvalue weighted by Gasteiger charge is -2.35. The van der Waals surface area contributed by atoms with Gasteiger partial charge in [-0.3, -0.25) is 4.79 Å². The van der Waals surface area contributed by atoms with Crippen molar-refractivity contribution < 1.29 is 14.3 Å². The molecule has 0 bridgehead atoms. The highest BCUT2D eigenvalue weighted by molar-refractivity contribution is 9.10. The van der Waals surface area contributed by atoms with Crippen LogP contribution in [-0.4, -0.2) is 35.1 Å². The monoisotopic (exact) mass is 329 g/mol. The van der Waals surface area contributed by atoms with Crippen LogP contribution in [0, 0.1) is 5.82 Å². The van der Waals surface area contributed by atoms with Crippen LogP contribution in [0.1, 0.15) is 36.0 Å².